The van der Waals surface area contributed by atoms with Crippen LogP contribution in [0, 0.1) is 12.7 Å². The Bertz CT molecular complexity index is 930. The second kappa shape index (κ2) is 9.16. The molecule has 152 valence electrons. The molecule has 8 heteroatoms. The Morgan fingerprint density at radius 3 is 2.36 bits per heavy atom. The zero-order chi connectivity index (χ0) is 20.9. The molecule has 0 spiro atoms. The molecule has 2 N–H and O–H groups in total. The van der Waals surface area contributed by atoms with E-state index in [2.05, 4.69) is 10.0 Å². The van der Waals surface area contributed by atoms with Gasteiger partial charge in [-0.1, -0.05) is 12.1 Å². The molecule has 0 unspecified atom stereocenters. The Morgan fingerprint density at radius 1 is 1.14 bits per heavy atom. The molecule has 0 aliphatic carbocycles. The predicted octanol–water partition coefficient (Wildman–Crippen LogP) is 3.08. The van der Waals surface area contributed by atoms with Crippen molar-refractivity contribution in [3.8, 4) is 5.75 Å². The molecule has 0 saturated heterocycles. The molecule has 2 aromatic rings. The summed E-state index contributed by atoms with van der Waals surface area (Å²) in [4.78, 5) is 12.4. The number of nitrogens with one attached hydrogen (secondary N) is 2. The van der Waals surface area contributed by atoms with Crippen molar-refractivity contribution in [1.29, 1.82) is 0 Å². The fraction of sp³-hybridized carbons (Fsp3) is 0.350. The van der Waals surface area contributed by atoms with E-state index in [1.54, 1.807) is 32.0 Å². The molecule has 0 fully saturated rings. The van der Waals surface area contributed by atoms with E-state index in [9.17, 15) is 17.6 Å². The lowest BCUT2D eigenvalue weighted by Crippen LogP contribution is -2.45. The van der Waals surface area contributed by atoms with Gasteiger partial charge in [-0.15, -0.1) is 0 Å². The van der Waals surface area contributed by atoms with Crippen LogP contribution in [0.2, 0.25) is 0 Å². The summed E-state index contributed by atoms with van der Waals surface area (Å²) in [5.74, 6) is -0.238. The minimum absolute atomic E-state index is 0.0553. The van der Waals surface area contributed by atoms with Crippen molar-refractivity contribution in [3.63, 3.8) is 0 Å². The summed E-state index contributed by atoms with van der Waals surface area (Å²) in [5, 5.41) is 2.72. The highest BCUT2D eigenvalue weighted by atomic mass is 32.2. The van der Waals surface area contributed by atoms with Crippen molar-refractivity contribution in [2.75, 3.05) is 6.61 Å². The molecule has 28 heavy (non-hydrogen) atoms. The Hall–Kier alpha value is -2.45. The van der Waals surface area contributed by atoms with Crippen molar-refractivity contribution in [2.24, 2.45) is 0 Å². The Balaban J connectivity index is 2.05. The number of sulfonamides is 1. The Kier molecular flexibility index (Phi) is 7.15. The maximum atomic E-state index is 13.0. The first-order chi connectivity index (χ1) is 13.1. The molecule has 0 heterocycles. The molecule has 2 rings (SSSR count). The minimum Gasteiger partial charge on any atom is -0.494 e. The van der Waals surface area contributed by atoms with Crippen LogP contribution in [0.25, 0.3) is 0 Å². The molecule has 2 aromatic carbocycles. The van der Waals surface area contributed by atoms with E-state index in [4.69, 9.17) is 4.74 Å². The number of hydrogen-bond donors (Lipinski definition) is 2. The van der Waals surface area contributed by atoms with Gasteiger partial charge in [0, 0.05) is 0 Å². The zero-order valence-electron chi connectivity index (χ0n) is 16.3. The zero-order valence-corrected chi connectivity index (χ0v) is 17.1. The van der Waals surface area contributed by atoms with Gasteiger partial charge in [-0.25, -0.2) is 12.8 Å². The lowest BCUT2D eigenvalue weighted by atomic mass is 10.1. The van der Waals surface area contributed by atoms with Gasteiger partial charge < -0.3 is 10.1 Å². The van der Waals surface area contributed by atoms with Crippen LogP contribution >= 0.6 is 0 Å². The summed E-state index contributed by atoms with van der Waals surface area (Å²) in [6.07, 6.45) is 0. The number of amides is 1. The number of carbonyl (C=O) groups excluding carboxylic acids is 1. The van der Waals surface area contributed by atoms with E-state index in [0.717, 1.165) is 0 Å². The third-order valence-corrected chi connectivity index (χ3v) is 5.75. The summed E-state index contributed by atoms with van der Waals surface area (Å²) < 4.78 is 46.0. The van der Waals surface area contributed by atoms with E-state index in [1.165, 1.54) is 31.2 Å². The molecule has 0 saturated carbocycles. The van der Waals surface area contributed by atoms with Gasteiger partial charge in [-0.05, 0) is 69.2 Å². The van der Waals surface area contributed by atoms with Crippen LogP contribution in [0.3, 0.4) is 0 Å². The smallest absolute Gasteiger partial charge is 0.241 e. The number of aryl methyl sites for hydroxylation is 1. The average Bonchev–Trinajstić information content (AvgIpc) is 2.63. The van der Waals surface area contributed by atoms with Crippen molar-refractivity contribution in [1.82, 2.24) is 10.0 Å². The first-order valence-electron chi connectivity index (χ1n) is 8.95. The lowest BCUT2D eigenvalue weighted by molar-refractivity contribution is -0.123. The number of hydrogen-bond acceptors (Lipinski definition) is 4. The average molecular weight is 408 g/mol. The predicted molar refractivity (Wildman–Crippen MR) is 105 cm³/mol. The van der Waals surface area contributed by atoms with Crippen LogP contribution in [-0.2, 0) is 14.8 Å². The number of ether oxygens (including phenoxy) is 1. The third-order valence-electron chi connectivity index (χ3n) is 4.21. The SMILES string of the molecule is CCOc1ccc(S(=O)(=O)N[C@@H](C)C(=O)N[C@H](C)c2ccc(F)cc2)cc1C. The Labute approximate surface area is 165 Å². The summed E-state index contributed by atoms with van der Waals surface area (Å²) in [7, 11) is -3.88. The number of carbonyl (C=O) groups is 1. The van der Waals surface area contributed by atoms with Gasteiger partial charge in [0.2, 0.25) is 15.9 Å². The quantitative estimate of drug-likeness (QED) is 0.703. The fourth-order valence-electron chi connectivity index (χ4n) is 2.63. The molecule has 0 aliphatic rings. The van der Waals surface area contributed by atoms with Gasteiger partial charge in [-0.3, -0.25) is 4.79 Å². The first kappa shape index (κ1) is 21.8. The van der Waals surface area contributed by atoms with E-state index in [0.29, 0.717) is 23.5 Å². The van der Waals surface area contributed by atoms with Crippen molar-refractivity contribution in [2.45, 2.75) is 44.7 Å². The van der Waals surface area contributed by atoms with Crippen LogP contribution in [0.1, 0.15) is 37.9 Å². The van der Waals surface area contributed by atoms with Crippen molar-refractivity contribution < 1.29 is 22.3 Å². The number of halogens is 1. The molecule has 1 amide bonds. The highest BCUT2D eigenvalue weighted by Crippen LogP contribution is 2.22. The van der Waals surface area contributed by atoms with Gasteiger partial charge >= 0.3 is 0 Å². The standard InChI is InChI=1S/C20H25FN2O4S/c1-5-27-19-11-10-18(12-13(19)2)28(25,26)23-15(4)20(24)22-14(3)16-6-8-17(21)9-7-16/h6-12,14-15,23H,5H2,1-4H3,(H,22,24)/t14-,15+/m1/s1. The molecular formula is C20H25FN2O4S. The van der Waals surface area contributed by atoms with Gasteiger partial charge in [0.05, 0.1) is 23.6 Å². The van der Waals surface area contributed by atoms with E-state index in [-0.39, 0.29) is 10.7 Å². The monoisotopic (exact) mass is 408 g/mol. The maximum absolute atomic E-state index is 13.0. The Morgan fingerprint density at radius 2 is 1.79 bits per heavy atom. The van der Waals surface area contributed by atoms with Gasteiger partial charge in [0.1, 0.15) is 11.6 Å². The van der Waals surface area contributed by atoms with Crippen molar-refractivity contribution >= 4 is 15.9 Å². The largest absolute Gasteiger partial charge is 0.494 e. The molecule has 2 atom stereocenters. The summed E-state index contributed by atoms with van der Waals surface area (Å²) >= 11 is 0. The molecule has 0 radical (unpaired) electrons. The van der Waals surface area contributed by atoms with Gasteiger partial charge in [0.15, 0.2) is 0 Å². The summed E-state index contributed by atoms with van der Waals surface area (Å²) in [6, 6.07) is 8.89. The molecular weight excluding hydrogens is 383 g/mol. The highest BCUT2D eigenvalue weighted by Gasteiger charge is 2.23. The van der Waals surface area contributed by atoms with Crippen LogP contribution < -0.4 is 14.8 Å². The first-order valence-corrected chi connectivity index (χ1v) is 10.4. The van der Waals surface area contributed by atoms with Crippen LogP contribution in [0.4, 0.5) is 4.39 Å². The molecule has 0 bridgehead atoms. The molecule has 0 aliphatic heterocycles. The van der Waals surface area contributed by atoms with E-state index in [1.807, 2.05) is 6.92 Å². The number of rotatable bonds is 8. The summed E-state index contributed by atoms with van der Waals surface area (Å²) in [5.41, 5.74) is 1.40. The van der Waals surface area contributed by atoms with Crippen LogP contribution in [0.15, 0.2) is 47.4 Å². The van der Waals surface area contributed by atoms with Gasteiger partial charge in [-0.2, -0.15) is 4.72 Å². The van der Waals surface area contributed by atoms with Crippen LogP contribution in [-0.4, -0.2) is 27.0 Å². The van der Waals surface area contributed by atoms with Crippen LogP contribution in [0.5, 0.6) is 5.75 Å². The molecule has 0 aromatic heterocycles. The lowest BCUT2D eigenvalue weighted by Gasteiger charge is -2.19. The maximum Gasteiger partial charge on any atom is 0.241 e. The number of benzene rings is 2. The van der Waals surface area contributed by atoms with E-state index >= 15 is 0 Å². The van der Waals surface area contributed by atoms with Crippen molar-refractivity contribution in [3.05, 3.63) is 59.4 Å². The summed E-state index contributed by atoms with van der Waals surface area (Å²) in [6.45, 7) is 7.28. The normalized spacial score (nSPS) is 13.6. The molecule has 6 nitrogen and oxygen atoms in total. The minimum atomic E-state index is -3.88. The third kappa shape index (κ3) is 5.53. The van der Waals surface area contributed by atoms with Gasteiger partial charge in [0.25, 0.3) is 0 Å². The topological polar surface area (TPSA) is 84.5 Å². The fourth-order valence-corrected chi connectivity index (χ4v) is 3.92. The second-order valence-electron chi connectivity index (χ2n) is 6.49. The van der Waals surface area contributed by atoms with E-state index < -0.39 is 28.0 Å². The highest BCUT2D eigenvalue weighted by molar-refractivity contribution is 7.89. The second-order valence-corrected chi connectivity index (χ2v) is 8.20.